The zero-order valence-corrected chi connectivity index (χ0v) is 10.9. The minimum absolute atomic E-state index is 0.475. The summed E-state index contributed by atoms with van der Waals surface area (Å²) < 4.78 is 26.7. The third kappa shape index (κ3) is 3.75. The molecule has 0 aliphatic heterocycles. The standard InChI is InChI=1S/C15H19F2NO/c16-12-8-3-9-13(17)14(12)15(19)18-10-4-7-11-5-1-2-6-11/h3,8-9,11H,1-2,4-7,10H2,(H,18,19). The molecule has 1 aliphatic rings. The Morgan fingerprint density at radius 1 is 1.21 bits per heavy atom. The zero-order chi connectivity index (χ0) is 13.7. The zero-order valence-electron chi connectivity index (χ0n) is 10.9. The number of hydrogen-bond donors (Lipinski definition) is 1. The molecule has 2 rings (SSSR count). The number of carbonyl (C=O) groups is 1. The van der Waals surface area contributed by atoms with Gasteiger partial charge in [0.25, 0.3) is 5.91 Å². The van der Waals surface area contributed by atoms with E-state index in [-0.39, 0.29) is 0 Å². The Bertz CT molecular complexity index is 422. The van der Waals surface area contributed by atoms with Crippen LogP contribution in [0.2, 0.25) is 0 Å². The molecule has 1 N–H and O–H groups in total. The van der Waals surface area contributed by atoms with Crippen LogP contribution in [-0.4, -0.2) is 12.5 Å². The minimum Gasteiger partial charge on any atom is -0.352 e. The molecule has 0 radical (unpaired) electrons. The minimum atomic E-state index is -0.812. The molecule has 0 aromatic heterocycles. The second-order valence-electron chi connectivity index (χ2n) is 5.15. The number of nitrogens with one attached hydrogen (secondary N) is 1. The first-order chi connectivity index (χ1) is 9.18. The normalized spacial score (nSPS) is 15.7. The second kappa shape index (κ2) is 6.64. The fourth-order valence-corrected chi connectivity index (χ4v) is 2.69. The fraction of sp³-hybridized carbons (Fsp3) is 0.533. The van der Waals surface area contributed by atoms with Crippen molar-refractivity contribution in [3.63, 3.8) is 0 Å². The number of amides is 1. The topological polar surface area (TPSA) is 29.1 Å². The highest BCUT2D eigenvalue weighted by molar-refractivity contribution is 5.94. The van der Waals surface area contributed by atoms with Crippen molar-refractivity contribution in [1.82, 2.24) is 5.32 Å². The Hall–Kier alpha value is -1.45. The van der Waals surface area contributed by atoms with Crippen LogP contribution < -0.4 is 5.32 Å². The monoisotopic (exact) mass is 267 g/mol. The maximum Gasteiger partial charge on any atom is 0.257 e. The molecule has 1 amide bonds. The number of rotatable bonds is 5. The molecule has 104 valence electrons. The van der Waals surface area contributed by atoms with Gasteiger partial charge in [-0.15, -0.1) is 0 Å². The number of halogens is 2. The summed E-state index contributed by atoms with van der Waals surface area (Å²) >= 11 is 0. The molecule has 1 aliphatic carbocycles. The van der Waals surface area contributed by atoms with Crippen molar-refractivity contribution < 1.29 is 13.6 Å². The fourth-order valence-electron chi connectivity index (χ4n) is 2.69. The summed E-state index contributed by atoms with van der Waals surface area (Å²) in [6.07, 6.45) is 7.10. The highest BCUT2D eigenvalue weighted by Gasteiger charge is 2.17. The first-order valence-electron chi connectivity index (χ1n) is 6.90. The van der Waals surface area contributed by atoms with E-state index in [0.29, 0.717) is 6.54 Å². The van der Waals surface area contributed by atoms with E-state index in [1.165, 1.54) is 31.7 Å². The van der Waals surface area contributed by atoms with Crippen LogP contribution >= 0.6 is 0 Å². The van der Waals surface area contributed by atoms with E-state index >= 15 is 0 Å². The van der Waals surface area contributed by atoms with E-state index in [4.69, 9.17) is 0 Å². The molecule has 0 spiro atoms. The van der Waals surface area contributed by atoms with Gasteiger partial charge in [0.1, 0.15) is 17.2 Å². The van der Waals surface area contributed by atoms with Gasteiger partial charge in [0.2, 0.25) is 0 Å². The molecule has 19 heavy (non-hydrogen) atoms. The molecule has 1 aromatic carbocycles. The van der Waals surface area contributed by atoms with Crippen molar-refractivity contribution in [2.24, 2.45) is 5.92 Å². The summed E-state index contributed by atoms with van der Waals surface area (Å²) in [6, 6.07) is 3.44. The predicted molar refractivity (Wildman–Crippen MR) is 69.9 cm³/mol. The van der Waals surface area contributed by atoms with E-state index in [9.17, 15) is 13.6 Å². The van der Waals surface area contributed by atoms with Crippen LogP contribution in [0, 0.1) is 17.6 Å². The molecule has 0 heterocycles. The lowest BCUT2D eigenvalue weighted by atomic mass is 10.0. The summed E-state index contributed by atoms with van der Waals surface area (Å²) in [5.41, 5.74) is -0.483. The number of carbonyl (C=O) groups excluding carboxylic acids is 1. The average molecular weight is 267 g/mol. The van der Waals surface area contributed by atoms with E-state index < -0.39 is 23.1 Å². The molecule has 1 saturated carbocycles. The Balaban J connectivity index is 1.77. The van der Waals surface area contributed by atoms with Crippen molar-refractivity contribution in [2.45, 2.75) is 38.5 Å². The van der Waals surface area contributed by atoms with Gasteiger partial charge in [-0.2, -0.15) is 0 Å². The van der Waals surface area contributed by atoms with Crippen LogP contribution in [-0.2, 0) is 0 Å². The molecular weight excluding hydrogens is 248 g/mol. The van der Waals surface area contributed by atoms with Gasteiger partial charge >= 0.3 is 0 Å². The Labute approximate surface area is 112 Å². The first kappa shape index (κ1) is 14.0. The van der Waals surface area contributed by atoms with Gasteiger partial charge in [0.05, 0.1) is 0 Å². The van der Waals surface area contributed by atoms with E-state index in [1.54, 1.807) is 0 Å². The third-order valence-electron chi connectivity index (χ3n) is 3.74. The lowest BCUT2D eigenvalue weighted by molar-refractivity contribution is 0.0944. The van der Waals surface area contributed by atoms with Crippen molar-refractivity contribution in [3.05, 3.63) is 35.4 Å². The van der Waals surface area contributed by atoms with E-state index in [1.807, 2.05) is 0 Å². The SMILES string of the molecule is O=C(NCCCC1CCCC1)c1c(F)cccc1F. The molecule has 2 nitrogen and oxygen atoms in total. The molecule has 0 bridgehead atoms. The number of hydrogen-bond acceptors (Lipinski definition) is 1. The van der Waals surface area contributed by atoms with Crippen molar-refractivity contribution in [2.75, 3.05) is 6.54 Å². The smallest absolute Gasteiger partial charge is 0.257 e. The highest BCUT2D eigenvalue weighted by Crippen LogP contribution is 2.28. The third-order valence-corrected chi connectivity index (χ3v) is 3.74. The van der Waals surface area contributed by atoms with Crippen molar-refractivity contribution in [3.8, 4) is 0 Å². The lowest BCUT2D eigenvalue weighted by Gasteiger charge is -2.10. The molecular formula is C15H19F2NO. The summed E-state index contributed by atoms with van der Waals surface area (Å²) in [4.78, 5) is 11.7. The highest BCUT2D eigenvalue weighted by atomic mass is 19.1. The van der Waals surface area contributed by atoms with Crippen LogP contribution in [0.3, 0.4) is 0 Å². The second-order valence-corrected chi connectivity index (χ2v) is 5.15. The molecule has 1 fully saturated rings. The van der Waals surface area contributed by atoms with Crippen molar-refractivity contribution >= 4 is 5.91 Å². The van der Waals surface area contributed by atoms with E-state index in [0.717, 1.165) is 30.9 Å². The Morgan fingerprint density at radius 3 is 2.47 bits per heavy atom. The molecule has 0 unspecified atom stereocenters. The van der Waals surface area contributed by atoms with Crippen LogP contribution in [0.15, 0.2) is 18.2 Å². The van der Waals surface area contributed by atoms with Gasteiger partial charge in [-0.25, -0.2) is 8.78 Å². The van der Waals surface area contributed by atoms with Gasteiger partial charge in [-0.05, 0) is 30.9 Å². The largest absolute Gasteiger partial charge is 0.352 e. The van der Waals surface area contributed by atoms with Crippen LogP contribution in [0.1, 0.15) is 48.9 Å². The number of benzene rings is 1. The van der Waals surface area contributed by atoms with Crippen molar-refractivity contribution in [1.29, 1.82) is 0 Å². The van der Waals surface area contributed by atoms with Gasteiger partial charge in [-0.3, -0.25) is 4.79 Å². The predicted octanol–water partition coefficient (Wildman–Crippen LogP) is 3.67. The van der Waals surface area contributed by atoms with E-state index in [2.05, 4.69) is 5.32 Å². The summed E-state index contributed by atoms with van der Waals surface area (Å²) in [5, 5.41) is 2.59. The maximum atomic E-state index is 13.4. The van der Waals surface area contributed by atoms with Crippen LogP contribution in [0.25, 0.3) is 0 Å². The average Bonchev–Trinajstić information content (AvgIpc) is 2.87. The molecule has 0 atom stereocenters. The molecule has 1 aromatic rings. The first-order valence-corrected chi connectivity index (χ1v) is 6.90. The van der Waals surface area contributed by atoms with Crippen LogP contribution in [0.5, 0.6) is 0 Å². The summed E-state index contributed by atoms with van der Waals surface area (Å²) in [6.45, 7) is 0.475. The summed E-state index contributed by atoms with van der Waals surface area (Å²) in [5.74, 6) is -1.52. The van der Waals surface area contributed by atoms with Gasteiger partial charge in [-0.1, -0.05) is 31.7 Å². The van der Waals surface area contributed by atoms with Crippen LogP contribution in [0.4, 0.5) is 8.78 Å². The van der Waals surface area contributed by atoms with Gasteiger partial charge < -0.3 is 5.32 Å². The summed E-state index contributed by atoms with van der Waals surface area (Å²) in [7, 11) is 0. The quantitative estimate of drug-likeness (QED) is 0.810. The van der Waals surface area contributed by atoms with Gasteiger partial charge in [0, 0.05) is 6.54 Å². The lowest BCUT2D eigenvalue weighted by Crippen LogP contribution is -2.26. The molecule has 0 saturated heterocycles. The Morgan fingerprint density at radius 2 is 1.84 bits per heavy atom. The molecule has 4 heteroatoms. The maximum absolute atomic E-state index is 13.4. The Kier molecular flexibility index (Phi) is 4.88. The van der Waals surface area contributed by atoms with Gasteiger partial charge in [0.15, 0.2) is 0 Å².